The van der Waals surface area contributed by atoms with Gasteiger partial charge in [0.25, 0.3) is 0 Å². The zero-order valence-electron chi connectivity index (χ0n) is 7.71. The fourth-order valence-corrected chi connectivity index (χ4v) is 4.66. The van der Waals surface area contributed by atoms with Crippen LogP contribution >= 0.6 is 34.3 Å². The average Bonchev–Trinajstić information content (AvgIpc) is 2.85. The number of alkyl halides is 1. The van der Waals surface area contributed by atoms with Gasteiger partial charge in [-0.15, -0.1) is 34.3 Å². The van der Waals surface area contributed by atoms with E-state index in [9.17, 15) is 0 Å². The van der Waals surface area contributed by atoms with Crippen LogP contribution < -0.4 is 0 Å². The molecular formula is C11H9ClS2. The first-order chi connectivity index (χ1) is 6.77. The number of thiophene rings is 2. The van der Waals surface area contributed by atoms with Gasteiger partial charge < -0.3 is 0 Å². The van der Waals surface area contributed by atoms with E-state index in [2.05, 4.69) is 29.8 Å². The van der Waals surface area contributed by atoms with Crippen molar-refractivity contribution in [1.82, 2.24) is 0 Å². The van der Waals surface area contributed by atoms with Crippen LogP contribution in [-0.2, 0) is 5.41 Å². The second-order valence-corrected chi connectivity index (χ2v) is 5.89. The molecule has 1 aliphatic carbocycles. The minimum Gasteiger partial charge on any atom is -0.143 e. The molecule has 3 heteroatoms. The molecule has 3 rings (SSSR count). The molecule has 0 saturated carbocycles. The van der Waals surface area contributed by atoms with Crippen LogP contribution in [0, 0.1) is 0 Å². The summed E-state index contributed by atoms with van der Waals surface area (Å²) in [6, 6.07) is 4.43. The summed E-state index contributed by atoms with van der Waals surface area (Å²) in [5.74, 6) is 0.667. The van der Waals surface area contributed by atoms with Gasteiger partial charge >= 0.3 is 0 Å². The van der Waals surface area contributed by atoms with Gasteiger partial charge in [-0.05, 0) is 34.0 Å². The lowest BCUT2D eigenvalue weighted by molar-refractivity contribution is 0.671. The van der Waals surface area contributed by atoms with Crippen LogP contribution in [0.25, 0.3) is 9.75 Å². The molecule has 0 aliphatic heterocycles. The Labute approximate surface area is 96.2 Å². The van der Waals surface area contributed by atoms with Crippen molar-refractivity contribution in [3.8, 4) is 9.75 Å². The summed E-state index contributed by atoms with van der Waals surface area (Å²) in [7, 11) is 0. The Balaban J connectivity index is 2.38. The molecule has 2 aromatic rings. The SMILES string of the molecule is CC1(CCl)c2ccsc2-c2sccc21. The van der Waals surface area contributed by atoms with Crippen molar-refractivity contribution >= 4 is 34.3 Å². The Morgan fingerprint density at radius 1 is 1.14 bits per heavy atom. The molecule has 0 saturated heterocycles. The zero-order valence-corrected chi connectivity index (χ0v) is 10.1. The van der Waals surface area contributed by atoms with Crippen molar-refractivity contribution in [2.45, 2.75) is 12.3 Å². The summed E-state index contributed by atoms with van der Waals surface area (Å²) in [6.45, 7) is 2.24. The van der Waals surface area contributed by atoms with Gasteiger partial charge in [-0.1, -0.05) is 6.92 Å². The van der Waals surface area contributed by atoms with E-state index in [1.807, 2.05) is 22.7 Å². The predicted molar refractivity (Wildman–Crippen MR) is 64.8 cm³/mol. The quantitative estimate of drug-likeness (QED) is 0.651. The molecule has 0 amide bonds. The van der Waals surface area contributed by atoms with Crippen LogP contribution in [0.15, 0.2) is 22.9 Å². The fraction of sp³-hybridized carbons (Fsp3) is 0.273. The summed E-state index contributed by atoms with van der Waals surface area (Å²) >= 11 is 9.79. The third-order valence-electron chi connectivity index (χ3n) is 2.99. The van der Waals surface area contributed by atoms with Gasteiger partial charge in [0.05, 0.1) is 0 Å². The highest BCUT2D eigenvalue weighted by molar-refractivity contribution is 7.21. The van der Waals surface area contributed by atoms with E-state index in [0.29, 0.717) is 5.88 Å². The van der Waals surface area contributed by atoms with Crippen LogP contribution in [0.3, 0.4) is 0 Å². The molecule has 0 bridgehead atoms. The Morgan fingerprint density at radius 2 is 1.64 bits per heavy atom. The van der Waals surface area contributed by atoms with Gasteiger partial charge in [-0.3, -0.25) is 0 Å². The maximum absolute atomic E-state index is 6.13. The van der Waals surface area contributed by atoms with Crippen LogP contribution in [0.1, 0.15) is 18.1 Å². The van der Waals surface area contributed by atoms with E-state index in [0.717, 1.165) is 0 Å². The molecule has 2 heterocycles. The minimum atomic E-state index is 0.0478. The van der Waals surface area contributed by atoms with Gasteiger partial charge in [0.2, 0.25) is 0 Å². The molecule has 72 valence electrons. The predicted octanol–water partition coefficient (Wildman–Crippen LogP) is 4.33. The number of hydrogen-bond donors (Lipinski definition) is 0. The number of rotatable bonds is 1. The molecule has 0 N–H and O–H groups in total. The second kappa shape index (κ2) is 2.84. The molecule has 14 heavy (non-hydrogen) atoms. The lowest BCUT2D eigenvalue weighted by atomic mass is 9.84. The molecule has 0 spiro atoms. The summed E-state index contributed by atoms with van der Waals surface area (Å²) in [5, 5.41) is 4.33. The standard InChI is InChI=1S/C11H9ClS2/c1-11(6-12)7-2-4-13-9(7)10-8(11)3-5-14-10/h2-5H,6H2,1H3. The molecule has 0 unspecified atom stereocenters. The normalized spacial score (nSPS) is 16.7. The first-order valence-corrected chi connectivity index (χ1v) is 6.79. The number of hydrogen-bond acceptors (Lipinski definition) is 2. The maximum atomic E-state index is 6.13. The molecule has 0 atom stereocenters. The zero-order chi connectivity index (χ0) is 9.76. The smallest absolute Gasteiger partial charge is 0.0487 e. The van der Waals surface area contributed by atoms with Crippen molar-refractivity contribution in [1.29, 1.82) is 0 Å². The summed E-state index contributed by atoms with van der Waals surface area (Å²) < 4.78 is 0. The third kappa shape index (κ3) is 0.892. The molecule has 0 radical (unpaired) electrons. The van der Waals surface area contributed by atoms with Gasteiger partial charge in [-0.2, -0.15) is 0 Å². The molecule has 0 nitrogen and oxygen atoms in total. The first-order valence-electron chi connectivity index (χ1n) is 4.49. The molecule has 0 fully saturated rings. The van der Waals surface area contributed by atoms with Crippen molar-refractivity contribution in [3.63, 3.8) is 0 Å². The van der Waals surface area contributed by atoms with Crippen LogP contribution in [-0.4, -0.2) is 5.88 Å². The van der Waals surface area contributed by atoms with Crippen molar-refractivity contribution in [2.75, 3.05) is 5.88 Å². The van der Waals surface area contributed by atoms with Crippen molar-refractivity contribution in [2.24, 2.45) is 0 Å². The molecule has 2 aromatic heterocycles. The van der Waals surface area contributed by atoms with Crippen LogP contribution in [0.2, 0.25) is 0 Å². The third-order valence-corrected chi connectivity index (χ3v) is 5.52. The van der Waals surface area contributed by atoms with E-state index in [-0.39, 0.29) is 5.41 Å². The second-order valence-electron chi connectivity index (χ2n) is 3.79. The Bertz CT molecular complexity index is 441. The fourth-order valence-electron chi connectivity index (χ4n) is 2.13. The summed E-state index contributed by atoms with van der Waals surface area (Å²) in [5.41, 5.74) is 2.88. The van der Waals surface area contributed by atoms with Crippen molar-refractivity contribution < 1.29 is 0 Å². The van der Waals surface area contributed by atoms with Gasteiger partial charge in [0.1, 0.15) is 0 Å². The number of halogens is 1. The van der Waals surface area contributed by atoms with E-state index in [4.69, 9.17) is 11.6 Å². The monoisotopic (exact) mass is 240 g/mol. The van der Waals surface area contributed by atoms with Gasteiger partial charge in [-0.25, -0.2) is 0 Å². The van der Waals surface area contributed by atoms with Gasteiger partial charge in [0.15, 0.2) is 0 Å². The average molecular weight is 241 g/mol. The van der Waals surface area contributed by atoms with E-state index >= 15 is 0 Å². The van der Waals surface area contributed by atoms with Crippen molar-refractivity contribution in [3.05, 3.63) is 34.0 Å². The lowest BCUT2D eigenvalue weighted by Crippen LogP contribution is -2.21. The highest BCUT2D eigenvalue weighted by Crippen LogP contribution is 2.53. The summed E-state index contributed by atoms with van der Waals surface area (Å²) in [6.07, 6.45) is 0. The Hall–Kier alpha value is -0.310. The van der Waals surface area contributed by atoms with Crippen LogP contribution in [0.5, 0.6) is 0 Å². The molecule has 1 aliphatic rings. The Morgan fingerprint density at radius 3 is 2.07 bits per heavy atom. The van der Waals surface area contributed by atoms with Gasteiger partial charge in [0, 0.05) is 21.0 Å². The maximum Gasteiger partial charge on any atom is 0.0487 e. The van der Waals surface area contributed by atoms with E-state index in [1.54, 1.807) is 0 Å². The van der Waals surface area contributed by atoms with E-state index in [1.165, 1.54) is 20.9 Å². The molecule has 0 aromatic carbocycles. The topological polar surface area (TPSA) is 0 Å². The van der Waals surface area contributed by atoms with Crippen LogP contribution in [0.4, 0.5) is 0 Å². The number of fused-ring (bicyclic) bond motifs is 3. The highest BCUT2D eigenvalue weighted by Gasteiger charge is 2.40. The largest absolute Gasteiger partial charge is 0.143 e. The highest BCUT2D eigenvalue weighted by atomic mass is 35.5. The van der Waals surface area contributed by atoms with E-state index < -0.39 is 0 Å². The first kappa shape index (κ1) is 8.96. The Kier molecular flexibility index (Phi) is 1.82. The minimum absolute atomic E-state index is 0.0478. The molecular weight excluding hydrogens is 232 g/mol. The summed E-state index contributed by atoms with van der Waals surface area (Å²) in [4.78, 5) is 2.86. The lowest BCUT2D eigenvalue weighted by Gasteiger charge is -2.21.